The molecule has 0 amide bonds. The summed E-state index contributed by atoms with van der Waals surface area (Å²) in [6, 6.07) is 1.43. The van der Waals surface area contributed by atoms with Crippen molar-refractivity contribution in [3.8, 4) is 0 Å². The average Bonchev–Trinajstić information content (AvgIpc) is 2.27. The maximum absolute atomic E-state index is 12.0. The Bertz CT molecular complexity index is 413. The summed E-state index contributed by atoms with van der Waals surface area (Å²) < 4.78 is 0. The first kappa shape index (κ1) is 19.1. The van der Waals surface area contributed by atoms with E-state index in [1.54, 1.807) is 0 Å². The van der Waals surface area contributed by atoms with Crippen molar-refractivity contribution in [1.82, 2.24) is 0 Å². The molecule has 1 nitrogen and oxygen atoms in total. The van der Waals surface area contributed by atoms with Crippen LogP contribution >= 0.6 is 55.6 Å². The molecule has 7 heteroatoms. The number of ketones is 1. The van der Waals surface area contributed by atoms with E-state index < -0.39 is 0 Å². The molecule has 0 bridgehead atoms. The number of unbranched alkanes of at least 4 members (excludes halogenated alkanes) is 1. The average molecular weight is 338 g/mol. The van der Waals surface area contributed by atoms with Gasteiger partial charge in [0.15, 0.2) is 5.78 Å². The predicted molar refractivity (Wildman–Crippen MR) is 77.8 cm³/mol. The fraction of sp³-hybridized carbons (Fsp3) is 0.364. The number of rotatable bonds is 5. The van der Waals surface area contributed by atoms with E-state index in [9.17, 15) is 4.79 Å². The first-order valence-electron chi connectivity index (χ1n) is 4.99. The summed E-state index contributed by atoms with van der Waals surface area (Å²) >= 11 is 23.7. The summed E-state index contributed by atoms with van der Waals surface area (Å²) in [7, 11) is 3.35. The van der Waals surface area contributed by atoms with E-state index in [0.29, 0.717) is 6.42 Å². The maximum Gasteiger partial charge on any atom is 1.00 e. The molecule has 0 fully saturated rings. The number of carbonyl (C=O) groups excluding carboxylic acids is 1. The van der Waals surface area contributed by atoms with Crippen molar-refractivity contribution in [1.29, 1.82) is 0 Å². The van der Waals surface area contributed by atoms with Crippen molar-refractivity contribution in [2.75, 3.05) is 6.16 Å². The van der Waals surface area contributed by atoms with Gasteiger partial charge in [-0.2, -0.15) is 6.16 Å². The van der Waals surface area contributed by atoms with Gasteiger partial charge in [0, 0.05) is 6.42 Å². The van der Waals surface area contributed by atoms with Crippen molar-refractivity contribution < 1.29 is 23.7 Å². The minimum absolute atomic E-state index is 0. The van der Waals surface area contributed by atoms with Crippen LogP contribution in [0.25, 0.3) is 0 Å². The summed E-state index contributed by atoms with van der Waals surface area (Å²) in [5.41, 5.74) is 0.222. The third kappa shape index (κ3) is 4.88. The maximum atomic E-state index is 12.0. The molecule has 0 radical (unpaired) electrons. The van der Waals surface area contributed by atoms with Gasteiger partial charge in [-0.15, -0.1) is 0 Å². The molecular weight excluding hydrogens is 328 g/mol. The molecule has 0 spiro atoms. The molecule has 0 aliphatic rings. The first-order valence-corrected chi connectivity index (χ1v) is 7.21. The molecular formula is C11H10Cl4LiOP. The van der Waals surface area contributed by atoms with E-state index in [4.69, 9.17) is 46.4 Å². The van der Waals surface area contributed by atoms with Crippen molar-refractivity contribution in [3.05, 3.63) is 31.7 Å². The van der Waals surface area contributed by atoms with Crippen LogP contribution in [0.4, 0.5) is 0 Å². The SMILES string of the molecule is O=C(CCCC[PH-])c1c(Cl)c(Cl)cc(Cl)c1Cl.[Li+]. The van der Waals surface area contributed by atoms with E-state index in [2.05, 4.69) is 9.24 Å². The molecule has 0 aliphatic carbocycles. The van der Waals surface area contributed by atoms with Crippen LogP contribution in [-0.2, 0) is 0 Å². The van der Waals surface area contributed by atoms with Crippen LogP contribution in [0.2, 0.25) is 20.1 Å². The Kier molecular flexibility index (Phi) is 9.64. The molecule has 1 aromatic rings. The molecule has 0 unspecified atom stereocenters. The molecule has 0 N–H and O–H groups in total. The van der Waals surface area contributed by atoms with Crippen LogP contribution in [0, 0.1) is 0 Å². The van der Waals surface area contributed by atoms with E-state index >= 15 is 0 Å². The number of hydrogen-bond acceptors (Lipinski definition) is 1. The van der Waals surface area contributed by atoms with Gasteiger partial charge in [0.05, 0.1) is 25.7 Å². The van der Waals surface area contributed by atoms with Crippen LogP contribution in [0.5, 0.6) is 0 Å². The van der Waals surface area contributed by atoms with Gasteiger partial charge in [-0.1, -0.05) is 52.8 Å². The molecule has 1 aromatic carbocycles. The zero-order chi connectivity index (χ0) is 13.0. The van der Waals surface area contributed by atoms with Crippen molar-refractivity contribution in [2.24, 2.45) is 0 Å². The zero-order valence-corrected chi connectivity index (χ0v) is 13.8. The third-order valence-electron chi connectivity index (χ3n) is 2.22. The topological polar surface area (TPSA) is 17.1 Å². The molecule has 1 rings (SSSR count). The van der Waals surface area contributed by atoms with Gasteiger partial charge in [-0.05, 0) is 12.5 Å². The zero-order valence-electron chi connectivity index (χ0n) is 9.83. The Balaban J connectivity index is 0.00000289. The van der Waals surface area contributed by atoms with Gasteiger partial charge in [-0.3, -0.25) is 4.79 Å². The molecule has 0 heterocycles. The molecule has 0 aromatic heterocycles. The van der Waals surface area contributed by atoms with Crippen molar-refractivity contribution >= 4 is 61.4 Å². The van der Waals surface area contributed by atoms with Gasteiger partial charge >= 0.3 is 18.9 Å². The van der Waals surface area contributed by atoms with Gasteiger partial charge in [0.25, 0.3) is 0 Å². The van der Waals surface area contributed by atoms with E-state index in [1.165, 1.54) is 6.07 Å². The molecule has 0 aliphatic heterocycles. The standard InChI is InChI=1S/C11H10Cl4OP.Li/c12-6-5-7(13)11(15)9(10(6)14)8(16)3-1-2-4-17;/h5,17H,1-4H2;/q-1;+1. The number of Topliss-reactive ketones (excluding diaryl/α,β-unsaturated/α-hetero) is 1. The van der Waals surface area contributed by atoms with Crippen LogP contribution in [0.15, 0.2) is 6.07 Å². The van der Waals surface area contributed by atoms with Crippen molar-refractivity contribution in [3.63, 3.8) is 0 Å². The Hall–Kier alpha value is 1.08. The summed E-state index contributed by atoms with van der Waals surface area (Å²) in [5, 5.41) is 0.822. The molecule has 0 atom stereocenters. The second-order valence-electron chi connectivity index (χ2n) is 3.47. The Morgan fingerprint density at radius 2 is 1.56 bits per heavy atom. The fourth-order valence-electron chi connectivity index (χ4n) is 1.35. The second kappa shape index (κ2) is 9.09. The van der Waals surface area contributed by atoms with Crippen LogP contribution in [0.3, 0.4) is 0 Å². The summed E-state index contributed by atoms with van der Waals surface area (Å²) in [6.07, 6.45) is 2.90. The second-order valence-corrected chi connectivity index (χ2v) is 5.54. The number of benzene rings is 1. The van der Waals surface area contributed by atoms with E-state index in [1.807, 2.05) is 0 Å². The molecule has 0 saturated carbocycles. The normalized spacial score (nSPS) is 10.1. The summed E-state index contributed by atoms with van der Waals surface area (Å²) in [4.78, 5) is 12.0. The largest absolute Gasteiger partial charge is 1.00 e. The fourth-order valence-corrected chi connectivity index (χ4v) is 2.62. The summed E-state index contributed by atoms with van der Waals surface area (Å²) in [6.45, 7) is 0. The van der Waals surface area contributed by atoms with Gasteiger partial charge in [0.2, 0.25) is 0 Å². The predicted octanol–water partition coefficient (Wildman–Crippen LogP) is 2.80. The van der Waals surface area contributed by atoms with Gasteiger partial charge in [-0.25, -0.2) is 0 Å². The molecule has 0 saturated heterocycles. The Labute approximate surface area is 141 Å². The minimum Gasteiger partial charge on any atom is -0.558 e. The Morgan fingerprint density at radius 3 is 2.00 bits per heavy atom. The number of halogens is 4. The first-order chi connectivity index (χ1) is 7.99. The number of hydrogen-bond donors (Lipinski definition) is 0. The van der Waals surface area contributed by atoms with Crippen LogP contribution in [0.1, 0.15) is 29.6 Å². The van der Waals surface area contributed by atoms with Gasteiger partial charge < -0.3 is 9.24 Å². The van der Waals surface area contributed by atoms with Crippen molar-refractivity contribution in [2.45, 2.75) is 19.3 Å². The van der Waals surface area contributed by atoms with Crippen LogP contribution in [-0.4, -0.2) is 11.9 Å². The quantitative estimate of drug-likeness (QED) is 0.265. The van der Waals surface area contributed by atoms with Crippen LogP contribution < -0.4 is 18.9 Å². The smallest absolute Gasteiger partial charge is 0.558 e. The Morgan fingerprint density at radius 1 is 1.06 bits per heavy atom. The third-order valence-corrected chi connectivity index (χ3v) is 4.15. The molecule has 94 valence electrons. The molecule has 18 heavy (non-hydrogen) atoms. The minimum atomic E-state index is -0.135. The summed E-state index contributed by atoms with van der Waals surface area (Å²) in [5.74, 6) is -0.135. The van der Waals surface area contributed by atoms with E-state index in [0.717, 1.165) is 19.0 Å². The van der Waals surface area contributed by atoms with Gasteiger partial charge in [0.1, 0.15) is 0 Å². The number of carbonyl (C=O) groups is 1. The van der Waals surface area contributed by atoms with E-state index in [-0.39, 0.29) is 50.3 Å². The monoisotopic (exact) mass is 336 g/mol.